The second kappa shape index (κ2) is 7.80. The van der Waals surface area contributed by atoms with Gasteiger partial charge in [0, 0.05) is 29.8 Å². The molecule has 0 aliphatic heterocycles. The van der Waals surface area contributed by atoms with E-state index in [1.807, 2.05) is 11.4 Å². The highest BCUT2D eigenvalue weighted by atomic mass is 32.2. The van der Waals surface area contributed by atoms with Crippen LogP contribution in [-0.2, 0) is 27.5 Å². The Morgan fingerprint density at radius 1 is 1.04 bits per heavy atom. The molecule has 0 fully saturated rings. The summed E-state index contributed by atoms with van der Waals surface area (Å²) in [5, 5.41) is 2.61. The van der Waals surface area contributed by atoms with E-state index in [-0.39, 0.29) is 29.3 Å². The van der Waals surface area contributed by atoms with Crippen LogP contribution >= 0.6 is 11.3 Å². The van der Waals surface area contributed by atoms with E-state index in [0.29, 0.717) is 11.3 Å². The fraction of sp³-hybridized carbons (Fsp3) is 0.158. The molecular weight excluding hydrogens is 370 g/mol. The molecule has 0 amide bonds. The maximum atomic E-state index is 12.3. The summed E-state index contributed by atoms with van der Waals surface area (Å²) in [6, 6.07) is 13.6. The molecule has 1 aromatic heterocycles. The van der Waals surface area contributed by atoms with Gasteiger partial charge in [-0.25, -0.2) is 13.4 Å². The Kier molecular flexibility index (Phi) is 5.49. The van der Waals surface area contributed by atoms with Gasteiger partial charge in [-0.05, 0) is 18.2 Å². The molecule has 0 spiro atoms. The van der Waals surface area contributed by atoms with E-state index >= 15 is 0 Å². The van der Waals surface area contributed by atoms with Gasteiger partial charge in [-0.15, -0.1) is 11.3 Å². The topological polar surface area (TPSA) is 73.3 Å². The lowest BCUT2D eigenvalue weighted by atomic mass is 10.1. The van der Waals surface area contributed by atoms with Crippen molar-refractivity contribution in [2.45, 2.75) is 17.7 Å². The first-order valence-corrected chi connectivity index (χ1v) is 10.7. The van der Waals surface area contributed by atoms with Crippen LogP contribution in [0.5, 0.6) is 11.5 Å². The number of hydrogen-bond acceptors (Lipinski definition) is 6. The highest BCUT2D eigenvalue weighted by Gasteiger charge is 2.16. The molecule has 0 radical (unpaired) electrons. The standard InChI is InChI=1S/C19H17NO4S2/c1-26(22,23)18-9-5-4-8-17(18)24-16-7-3-2-6-14(16)12-15(21)13-19-20-10-11-25-19/h2-11H,12-13H2,1H3. The predicted molar refractivity (Wildman–Crippen MR) is 101 cm³/mol. The summed E-state index contributed by atoms with van der Waals surface area (Å²) in [6.45, 7) is 0. The molecule has 0 bridgehead atoms. The minimum atomic E-state index is -3.42. The molecule has 2 aromatic carbocycles. The second-order valence-electron chi connectivity index (χ2n) is 5.75. The zero-order valence-electron chi connectivity index (χ0n) is 14.1. The number of sulfone groups is 1. The average molecular weight is 387 g/mol. The van der Waals surface area contributed by atoms with Gasteiger partial charge in [0.25, 0.3) is 0 Å². The van der Waals surface area contributed by atoms with E-state index in [2.05, 4.69) is 4.98 Å². The van der Waals surface area contributed by atoms with Crippen molar-refractivity contribution in [3.63, 3.8) is 0 Å². The average Bonchev–Trinajstić information content (AvgIpc) is 3.09. The third-order valence-electron chi connectivity index (χ3n) is 3.66. The molecule has 0 aliphatic carbocycles. The lowest BCUT2D eigenvalue weighted by Gasteiger charge is -2.13. The lowest BCUT2D eigenvalue weighted by molar-refractivity contribution is -0.117. The third kappa shape index (κ3) is 4.56. The van der Waals surface area contributed by atoms with Gasteiger partial charge in [0.05, 0.1) is 11.4 Å². The van der Waals surface area contributed by atoms with Crippen LogP contribution in [0.15, 0.2) is 65.0 Å². The maximum Gasteiger partial charge on any atom is 0.179 e. The normalized spacial score (nSPS) is 11.3. The monoisotopic (exact) mass is 387 g/mol. The first-order valence-electron chi connectivity index (χ1n) is 7.88. The quantitative estimate of drug-likeness (QED) is 0.618. The molecule has 0 unspecified atom stereocenters. The molecular formula is C19H17NO4S2. The Balaban J connectivity index is 1.83. The van der Waals surface area contributed by atoms with Gasteiger partial charge >= 0.3 is 0 Å². The van der Waals surface area contributed by atoms with Gasteiger partial charge in [-0.3, -0.25) is 4.79 Å². The van der Waals surface area contributed by atoms with Gasteiger partial charge in [-0.1, -0.05) is 30.3 Å². The number of ketones is 1. The van der Waals surface area contributed by atoms with E-state index in [0.717, 1.165) is 11.3 Å². The number of rotatable bonds is 7. The number of ether oxygens (including phenoxy) is 1. The summed E-state index contributed by atoms with van der Waals surface area (Å²) in [7, 11) is -3.42. The molecule has 7 heteroatoms. The third-order valence-corrected chi connectivity index (χ3v) is 5.58. The SMILES string of the molecule is CS(=O)(=O)c1ccccc1Oc1ccccc1CC(=O)Cc1nccs1. The fourth-order valence-corrected chi connectivity index (χ4v) is 3.94. The number of carbonyl (C=O) groups excluding carboxylic acids is 1. The summed E-state index contributed by atoms with van der Waals surface area (Å²) in [5.74, 6) is 0.735. The van der Waals surface area contributed by atoms with Crippen molar-refractivity contribution in [2.24, 2.45) is 0 Å². The molecule has 0 aliphatic rings. The smallest absolute Gasteiger partial charge is 0.179 e. The van der Waals surface area contributed by atoms with Crippen LogP contribution in [0.3, 0.4) is 0 Å². The van der Waals surface area contributed by atoms with Crippen molar-refractivity contribution < 1.29 is 17.9 Å². The van der Waals surface area contributed by atoms with Crippen LogP contribution < -0.4 is 4.74 Å². The Morgan fingerprint density at radius 2 is 1.73 bits per heavy atom. The first-order chi connectivity index (χ1) is 12.4. The number of para-hydroxylation sites is 2. The molecule has 0 saturated heterocycles. The van der Waals surface area contributed by atoms with E-state index in [4.69, 9.17) is 4.74 Å². The Labute approximate surface area is 156 Å². The van der Waals surface area contributed by atoms with Crippen molar-refractivity contribution in [3.8, 4) is 11.5 Å². The number of Topliss-reactive ketones (excluding diaryl/α,β-unsaturated/α-hetero) is 1. The van der Waals surface area contributed by atoms with Crippen molar-refractivity contribution in [1.29, 1.82) is 0 Å². The summed E-state index contributed by atoms with van der Waals surface area (Å²) in [6.07, 6.45) is 3.27. The van der Waals surface area contributed by atoms with E-state index < -0.39 is 9.84 Å². The number of nitrogens with zero attached hydrogens (tertiary/aromatic N) is 1. The van der Waals surface area contributed by atoms with Gasteiger partial charge in [0.15, 0.2) is 9.84 Å². The number of benzene rings is 2. The molecule has 3 rings (SSSR count). The predicted octanol–water partition coefficient (Wildman–Crippen LogP) is 3.69. The van der Waals surface area contributed by atoms with Crippen LogP contribution in [-0.4, -0.2) is 25.4 Å². The molecule has 0 N–H and O–H groups in total. The number of carbonyl (C=O) groups is 1. The van der Waals surface area contributed by atoms with Crippen molar-refractivity contribution in [3.05, 3.63) is 70.7 Å². The number of thiazole rings is 1. The Bertz CT molecular complexity index is 1010. The molecule has 0 saturated carbocycles. The summed E-state index contributed by atoms with van der Waals surface area (Å²) in [5.41, 5.74) is 0.706. The largest absolute Gasteiger partial charge is 0.456 e. The highest BCUT2D eigenvalue weighted by Crippen LogP contribution is 2.31. The summed E-state index contributed by atoms with van der Waals surface area (Å²) >= 11 is 1.44. The van der Waals surface area contributed by atoms with Crippen LogP contribution in [0.1, 0.15) is 10.6 Å². The second-order valence-corrected chi connectivity index (χ2v) is 8.71. The molecule has 1 heterocycles. The van der Waals surface area contributed by atoms with E-state index in [1.54, 1.807) is 42.6 Å². The molecule has 0 atom stereocenters. The summed E-state index contributed by atoms with van der Waals surface area (Å²) in [4.78, 5) is 16.6. The zero-order chi connectivity index (χ0) is 18.6. The van der Waals surface area contributed by atoms with Crippen molar-refractivity contribution in [2.75, 3.05) is 6.26 Å². The maximum absolute atomic E-state index is 12.3. The van der Waals surface area contributed by atoms with Gasteiger partial charge in [0.2, 0.25) is 0 Å². The summed E-state index contributed by atoms with van der Waals surface area (Å²) < 4.78 is 29.7. The van der Waals surface area contributed by atoms with Crippen LogP contribution in [0.4, 0.5) is 0 Å². The fourth-order valence-electron chi connectivity index (χ4n) is 2.49. The number of aromatic nitrogens is 1. The Hall–Kier alpha value is -2.51. The van der Waals surface area contributed by atoms with Gasteiger partial charge in [0.1, 0.15) is 22.2 Å². The van der Waals surface area contributed by atoms with E-state index in [1.165, 1.54) is 17.4 Å². The Morgan fingerprint density at radius 3 is 2.42 bits per heavy atom. The van der Waals surface area contributed by atoms with Crippen LogP contribution in [0, 0.1) is 0 Å². The van der Waals surface area contributed by atoms with Crippen LogP contribution in [0.2, 0.25) is 0 Å². The van der Waals surface area contributed by atoms with Crippen LogP contribution in [0.25, 0.3) is 0 Å². The molecule has 134 valence electrons. The van der Waals surface area contributed by atoms with Crippen molar-refractivity contribution >= 4 is 27.0 Å². The lowest BCUT2D eigenvalue weighted by Crippen LogP contribution is -2.07. The number of hydrogen-bond donors (Lipinski definition) is 0. The highest BCUT2D eigenvalue weighted by molar-refractivity contribution is 7.90. The minimum Gasteiger partial charge on any atom is -0.456 e. The molecule has 3 aromatic rings. The minimum absolute atomic E-state index is 0.0207. The zero-order valence-corrected chi connectivity index (χ0v) is 15.7. The van der Waals surface area contributed by atoms with Crippen molar-refractivity contribution in [1.82, 2.24) is 4.98 Å². The van der Waals surface area contributed by atoms with E-state index in [9.17, 15) is 13.2 Å². The molecule has 5 nitrogen and oxygen atoms in total. The van der Waals surface area contributed by atoms with Gasteiger partial charge < -0.3 is 4.74 Å². The first kappa shape index (κ1) is 18.3. The van der Waals surface area contributed by atoms with Gasteiger partial charge in [-0.2, -0.15) is 0 Å². The molecule has 26 heavy (non-hydrogen) atoms.